The Morgan fingerprint density at radius 1 is 1.36 bits per heavy atom. The molecule has 0 aromatic heterocycles. The second-order valence-electron chi connectivity index (χ2n) is 2.19. The topological polar surface area (TPSA) is 43.1 Å². The molecule has 0 amide bonds. The molecule has 0 rings (SSSR count). The molecular formula is C7H16BrNO2. The molecule has 0 heterocycles. The minimum Gasteiger partial charge on any atom is -0.265 e. The maximum Gasteiger partial charge on any atom is 0.194 e. The van der Waals surface area contributed by atoms with Crippen LogP contribution in [0, 0.1) is 10.1 Å². The van der Waals surface area contributed by atoms with Gasteiger partial charge in [0, 0.05) is 10.3 Å². The highest BCUT2D eigenvalue weighted by Crippen LogP contribution is 1.99. The number of rotatable bonds is 4. The first kappa shape index (κ1) is 13.5. The highest BCUT2D eigenvalue weighted by molar-refractivity contribution is 9.09. The fourth-order valence-electron chi connectivity index (χ4n) is 0.521. The van der Waals surface area contributed by atoms with Crippen LogP contribution < -0.4 is 0 Å². The Bertz CT molecular complexity index is 80.5. The zero-order valence-electron chi connectivity index (χ0n) is 7.18. The van der Waals surface area contributed by atoms with Crippen LogP contribution in [0.2, 0.25) is 0 Å². The van der Waals surface area contributed by atoms with Crippen LogP contribution in [0.15, 0.2) is 0 Å². The van der Waals surface area contributed by atoms with Gasteiger partial charge in [-0.2, -0.15) is 0 Å². The predicted molar refractivity (Wildman–Crippen MR) is 50.9 cm³/mol. The SMILES string of the molecule is CCCCCCBr.C[N+](=O)[O-]. The van der Waals surface area contributed by atoms with E-state index in [1.807, 2.05) is 0 Å². The van der Waals surface area contributed by atoms with Gasteiger partial charge in [0.2, 0.25) is 0 Å². The van der Waals surface area contributed by atoms with Crippen LogP contribution in [0.1, 0.15) is 32.6 Å². The quantitative estimate of drug-likeness (QED) is 0.320. The monoisotopic (exact) mass is 225 g/mol. The zero-order chi connectivity index (χ0) is 9.11. The minimum absolute atomic E-state index is 0.500. The predicted octanol–water partition coefficient (Wildman–Crippen LogP) is 2.85. The van der Waals surface area contributed by atoms with Crippen molar-refractivity contribution in [1.82, 2.24) is 0 Å². The van der Waals surface area contributed by atoms with E-state index in [0.717, 1.165) is 7.05 Å². The summed E-state index contributed by atoms with van der Waals surface area (Å²) >= 11 is 3.38. The van der Waals surface area contributed by atoms with Gasteiger partial charge >= 0.3 is 0 Å². The smallest absolute Gasteiger partial charge is 0.194 e. The van der Waals surface area contributed by atoms with Crippen molar-refractivity contribution in [3.8, 4) is 0 Å². The van der Waals surface area contributed by atoms with E-state index in [1.165, 1.54) is 31.0 Å². The van der Waals surface area contributed by atoms with E-state index in [4.69, 9.17) is 10.1 Å². The molecule has 0 saturated heterocycles. The molecule has 0 aromatic carbocycles. The van der Waals surface area contributed by atoms with E-state index in [0.29, 0.717) is 0 Å². The van der Waals surface area contributed by atoms with E-state index in [9.17, 15) is 0 Å². The second kappa shape index (κ2) is 12.5. The van der Waals surface area contributed by atoms with Gasteiger partial charge in [-0.05, 0) is 6.42 Å². The largest absolute Gasteiger partial charge is 0.265 e. The number of alkyl halides is 1. The van der Waals surface area contributed by atoms with Gasteiger partial charge in [-0.1, -0.05) is 42.1 Å². The lowest BCUT2D eigenvalue weighted by Crippen LogP contribution is -1.79. The first-order valence-corrected chi connectivity index (χ1v) is 4.91. The third kappa shape index (κ3) is 40.8. The average molecular weight is 226 g/mol. The van der Waals surface area contributed by atoms with Crippen molar-refractivity contribution >= 4 is 15.9 Å². The molecule has 0 aliphatic rings. The Kier molecular flexibility index (Phi) is 15.4. The van der Waals surface area contributed by atoms with E-state index in [1.54, 1.807) is 0 Å². The molecule has 68 valence electrons. The van der Waals surface area contributed by atoms with Gasteiger partial charge in [0.05, 0.1) is 0 Å². The van der Waals surface area contributed by atoms with Crippen molar-refractivity contribution in [3.63, 3.8) is 0 Å². The van der Waals surface area contributed by atoms with Crippen LogP contribution in [0.5, 0.6) is 0 Å². The fourth-order valence-corrected chi connectivity index (χ4v) is 0.918. The molecule has 11 heavy (non-hydrogen) atoms. The molecule has 0 radical (unpaired) electrons. The summed E-state index contributed by atoms with van der Waals surface area (Å²) in [6.45, 7) is 2.23. The first-order valence-electron chi connectivity index (χ1n) is 3.79. The molecule has 0 bridgehead atoms. The Morgan fingerprint density at radius 2 is 1.82 bits per heavy atom. The van der Waals surface area contributed by atoms with Crippen LogP contribution in [0.25, 0.3) is 0 Å². The molecule has 0 aromatic rings. The molecule has 0 fully saturated rings. The van der Waals surface area contributed by atoms with Gasteiger partial charge in [-0.3, -0.25) is 10.1 Å². The number of nitro groups is 1. The second-order valence-corrected chi connectivity index (χ2v) is 2.98. The molecule has 0 aliphatic carbocycles. The maximum atomic E-state index is 8.81. The van der Waals surface area contributed by atoms with Crippen molar-refractivity contribution in [2.75, 3.05) is 12.4 Å². The molecule has 0 atom stereocenters. The molecule has 0 unspecified atom stereocenters. The fraction of sp³-hybridized carbons (Fsp3) is 1.00. The summed E-state index contributed by atoms with van der Waals surface area (Å²) in [4.78, 5) is 8.31. The number of halogens is 1. The third-order valence-electron chi connectivity index (χ3n) is 0.987. The molecule has 4 heteroatoms. The summed E-state index contributed by atoms with van der Waals surface area (Å²) in [5.41, 5.74) is 0. The summed E-state index contributed by atoms with van der Waals surface area (Å²) in [6.07, 6.45) is 5.47. The Morgan fingerprint density at radius 3 is 2.09 bits per heavy atom. The summed E-state index contributed by atoms with van der Waals surface area (Å²) in [7, 11) is 0.889. The highest BCUT2D eigenvalue weighted by atomic mass is 79.9. The van der Waals surface area contributed by atoms with Gasteiger partial charge < -0.3 is 0 Å². The lowest BCUT2D eigenvalue weighted by molar-refractivity contribution is -0.445. The Hall–Kier alpha value is -0.120. The third-order valence-corrected chi connectivity index (χ3v) is 1.55. The molecule has 0 N–H and O–H groups in total. The van der Waals surface area contributed by atoms with E-state index >= 15 is 0 Å². The number of hydrogen-bond acceptors (Lipinski definition) is 2. The van der Waals surface area contributed by atoms with Gasteiger partial charge in [0.1, 0.15) is 0 Å². The lowest BCUT2D eigenvalue weighted by atomic mass is 10.2. The molecule has 0 aliphatic heterocycles. The summed E-state index contributed by atoms with van der Waals surface area (Å²) in [6, 6.07) is 0. The number of nitrogens with zero attached hydrogens (tertiary/aromatic N) is 1. The van der Waals surface area contributed by atoms with Gasteiger partial charge in [-0.25, -0.2) is 0 Å². The van der Waals surface area contributed by atoms with Crippen LogP contribution in [0.3, 0.4) is 0 Å². The van der Waals surface area contributed by atoms with Gasteiger partial charge in [-0.15, -0.1) is 0 Å². The number of hydrogen-bond donors (Lipinski definition) is 0. The minimum atomic E-state index is -0.500. The Balaban J connectivity index is 0. The lowest BCUT2D eigenvalue weighted by Gasteiger charge is -1.89. The van der Waals surface area contributed by atoms with E-state index < -0.39 is 4.92 Å². The molecule has 3 nitrogen and oxygen atoms in total. The maximum absolute atomic E-state index is 8.81. The molecular weight excluding hydrogens is 210 g/mol. The van der Waals surface area contributed by atoms with Crippen LogP contribution in [-0.2, 0) is 0 Å². The standard InChI is InChI=1S/C6H13Br.CH3NO2/c1-2-3-4-5-6-7;1-2(3)4/h2-6H2,1H3;1H3. The highest BCUT2D eigenvalue weighted by Gasteiger charge is 1.81. The number of unbranched alkanes of at least 4 members (excludes halogenated alkanes) is 3. The normalized spacial score (nSPS) is 8.27. The van der Waals surface area contributed by atoms with Crippen molar-refractivity contribution < 1.29 is 4.92 Å². The van der Waals surface area contributed by atoms with Gasteiger partial charge in [0.15, 0.2) is 7.05 Å². The van der Waals surface area contributed by atoms with Crippen LogP contribution in [0.4, 0.5) is 0 Å². The summed E-state index contributed by atoms with van der Waals surface area (Å²) in [5.74, 6) is 0. The van der Waals surface area contributed by atoms with E-state index in [2.05, 4.69) is 22.9 Å². The van der Waals surface area contributed by atoms with Crippen molar-refractivity contribution in [1.29, 1.82) is 0 Å². The van der Waals surface area contributed by atoms with E-state index in [-0.39, 0.29) is 0 Å². The molecule has 0 spiro atoms. The summed E-state index contributed by atoms with van der Waals surface area (Å²) in [5, 5.41) is 9.98. The van der Waals surface area contributed by atoms with Crippen molar-refractivity contribution in [3.05, 3.63) is 10.1 Å². The molecule has 0 saturated carbocycles. The first-order chi connectivity index (χ1) is 5.15. The Labute approximate surface area is 76.5 Å². The van der Waals surface area contributed by atoms with Crippen LogP contribution in [-0.4, -0.2) is 17.3 Å². The zero-order valence-corrected chi connectivity index (χ0v) is 8.76. The average Bonchev–Trinajstić information content (AvgIpc) is 1.88. The van der Waals surface area contributed by atoms with Crippen molar-refractivity contribution in [2.45, 2.75) is 32.6 Å². The van der Waals surface area contributed by atoms with Crippen molar-refractivity contribution in [2.24, 2.45) is 0 Å². The van der Waals surface area contributed by atoms with Gasteiger partial charge in [0.25, 0.3) is 0 Å². The summed E-state index contributed by atoms with van der Waals surface area (Å²) < 4.78 is 0. The van der Waals surface area contributed by atoms with Crippen LogP contribution >= 0.6 is 15.9 Å².